The van der Waals surface area contributed by atoms with Gasteiger partial charge in [0.1, 0.15) is 0 Å². The molecule has 0 saturated carbocycles. The van der Waals surface area contributed by atoms with E-state index in [1.165, 1.54) is 19.3 Å². The molecule has 18 heavy (non-hydrogen) atoms. The van der Waals surface area contributed by atoms with E-state index in [0.717, 1.165) is 13.1 Å². The Morgan fingerprint density at radius 3 is 2.44 bits per heavy atom. The summed E-state index contributed by atoms with van der Waals surface area (Å²) >= 11 is 0. The van der Waals surface area contributed by atoms with E-state index in [4.69, 9.17) is 5.73 Å². The number of likely N-dealkylation sites (N-methyl/N-ethyl adjacent to an activating group) is 1. The van der Waals surface area contributed by atoms with Gasteiger partial charge in [-0.2, -0.15) is 0 Å². The van der Waals surface area contributed by atoms with Gasteiger partial charge >= 0.3 is 0 Å². The van der Waals surface area contributed by atoms with Crippen LogP contribution < -0.4 is 11.1 Å². The number of nitrogens with two attached hydrogens (primary N) is 1. The van der Waals surface area contributed by atoms with Crippen LogP contribution in [0.3, 0.4) is 0 Å². The number of amides is 1. The van der Waals surface area contributed by atoms with E-state index in [2.05, 4.69) is 17.3 Å². The molecule has 0 aliphatic carbocycles. The Balaban J connectivity index is 2.50. The van der Waals surface area contributed by atoms with Crippen LogP contribution in [0.5, 0.6) is 0 Å². The minimum Gasteiger partial charge on any atom is -0.354 e. The normalized spacial score (nSPS) is 22.9. The van der Waals surface area contributed by atoms with E-state index in [9.17, 15) is 4.79 Å². The van der Waals surface area contributed by atoms with Crippen LogP contribution in [0.15, 0.2) is 0 Å². The highest BCUT2D eigenvalue weighted by Gasteiger charge is 2.40. The SMILES string of the molecule is CN1CCCCC1CNC(=O)C(C)(C)C(C)(C)N. The van der Waals surface area contributed by atoms with Crippen molar-refractivity contribution in [3.63, 3.8) is 0 Å². The number of piperidine rings is 1. The molecule has 1 aliphatic rings. The average Bonchev–Trinajstić information content (AvgIpc) is 2.26. The molecule has 4 nitrogen and oxygen atoms in total. The van der Waals surface area contributed by atoms with E-state index in [1.54, 1.807) is 0 Å². The Morgan fingerprint density at radius 2 is 1.94 bits per heavy atom. The van der Waals surface area contributed by atoms with Crippen LogP contribution >= 0.6 is 0 Å². The van der Waals surface area contributed by atoms with Crippen LogP contribution in [0.4, 0.5) is 0 Å². The predicted octanol–water partition coefficient (Wildman–Crippen LogP) is 1.35. The van der Waals surface area contributed by atoms with Crippen molar-refractivity contribution in [1.82, 2.24) is 10.2 Å². The van der Waals surface area contributed by atoms with Crippen LogP contribution in [0.2, 0.25) is 0 Å². The standard InChI is InChI=1S/C14H29N3O/c1-13(2,14(3,4)15)12(18)16-10-11-8-6-7-9-17(11)5/h11H,6-10,15H2,1-5H3,(H,16,18). The average molecular weight is 255 g/mol. The molecule has 1 atom stereocenters. The first-order valence-corrected chi connectivity index (χ1v) is 6.93. The molecule has 1 fully saturated rings. The molecule has 0 aromatic carbocycles. The molecular formula is C14H29N3O. The first-order valence-electron chi connectivity index (χ1n) is 6.93. The Hall–Kier alpha value is -0.610. The minimum absolute atomic E-state index is 0.0500. The van der Waals surface area contributed by atoms with E-state index >= 15 is 0 Å². The van der Waals surface area contributed by atoms with Crippen molar-refractivity contribution in [2.24, 2.45) is 11.1 Å². The first-order chi connectivity index (χ1) is 8.16. The molecule has 0 aromatic heterocycles. The fraction of sp³-hybridized carbons (Fsp3) is 0.929. The van der Waals surface area contributed by atoms with E-state index < -0.39 is 11.0 Å². The van der Waals surface area contributed by atoms with Crippen LogP contribution in [-0.2, 0) is 4.79 Å². The van der Waals surface area contributed by atoms with Gasteiger partial charge in [-0.25, -0.2) is 0 Å². The summed E-state index contributed by atoms with van der Waals surface area (Å²) in [5, 5.41) is 3.07. The maximum atomic E-state index is 12.3. The smallest absolute Gasteiger partial charge is 0.227 e. The molecular weight excluding hydrogens is 226 g/mol. The maximum absolute atomic E-state index is 12.3. The van der Waals surface area contributed by atoms with E-state index in [0.29, 0.717) is 6.04 Å². The van der Waals surface area contributed by atoms with Gasteiger partial charge < -0.3 is 16.0 Å². The Labute approximate surface area is 111 Å². The number of rotatable bonds is 4. The molecule has 0 bridgehead atoms. The molecule has 1 heterocycles. The number of hydrogen-bond acceptors (Lipinski definition) is 3. The van der Waals surface area contributed by atoms with Crippen molar-refractivity contribution in [2.45, 2.75) is 58.5 Å². The first kappa shape index (κ1) is 15.4. The quantitative estimate of drug-likeness (QED) is 0.797. The second kappa shape index (κ2) is 5.57. The van der Waals surface area contributed by atoms with E-state index in [-0.39, 0.29) is 5.91 Å². The van der Waals surface area contributed by atoms with Crippen LogP contribution in [0.25, 0.3) is 0 Å². The van der Waals surface area contributed by atoms with Crippen LogP contribution in [-0.4, -0.2) is 42.5 Å². The molecule has 0 radical (unpaired) electrons. The van der Waals surface area contributed by atoms with E-state index in [1.807, 2.05) is 27.7 Å². The molecule has 1 aliphatic heterocycles. The van der Waals surface area contributed by atoms with Crippen LogP contribution in [0, 0.1) is 5.41 Å². The summed E-state index contributed by atoms with van der Waals surface area (Å²) in [6.45, 7) is 9.49. The summed E-state index contributed by atoms with van der Waals surface area (Å²) in [5.41, 5.74) is 5.01. The van der Waals surface area contributed by atoms with Crippen LogP contribution in [0.1, 0.15) is 47.0 Å². The van der Waals surface area contributed by atoms with Gasteiger partial charge in [0.05, 0.1) is 5.41 Å². The second-order valence-electron chi connectivity index (χ2n) is 6.69. The highest BCUT2D eigenvalue weighted by molar-refractivity contribution is 5.83. The minimum atomic E-state index is -0.555. The molecule has 1 unspecified atom stereocenters. The Kier molecular flexibility index (Phi) is 4.78. The number of nitrogens with one attached hydrogen (secondary N) is 1. The van der Waals surface area contributed by atoms with Crippen molar-refractivity contribution in [3.8, 4) is 0 Å². The zero-order valence-electron chi connectivity index (χ0n) is 12.5. The van der Waals surface area contributed by atoms with Crippen molar-refractivity contribution in [2.75, 3.05) is 20.1 Å². The highest BCUT2D eigenvalue weighted by atomic mass is 16.2. The fourth-order valence-electron chi connectivity index (χ4n) is 2.13. The molecule has 1 saturated heterocycles. The van der Waals surface area contributed by atoms with Gasteiger partial charge in [-0.1, -0.05) is 6.42 Å². The van der Waals surface area contributed by atoms with Gasteiger partial charge in [0.2, 0.25) is 5.91 Å². The molecule has 3 N–H and O–H groups in total. The third kappa shape index (κ3) is 3.45. The lowest BCUT2D eigenvalue weighted by atomic mass is 9.74. The number of likely N-dealkylation sites (tertiary alicyclic amines) is 1. The van der Waals surface area contributed by atoms with Gasteiger partial charge in [0.25, 0.3) is 0 Å². The molecule has 1 rings (SSSR count). The van der Waals surface area contributed by atoms with Gasteiger partial charge in [-0.3, -0.25) is 4.79 Å². The lowest BCUT2D eigenvalue weighted by Crippen LogP contribution is -2.57. The zero-order chi connectivity index (χ0) is 14.0. The van der Waals surface area contributed by atoms with Crippen molar-refractivity contribution < 1.29 is 4.79 Å². The monoisotopic (exact) mass is 255 g/mol. The number of nitrogens with zero attached hydrogens (tertiary/aromatic N) is 1. The summed E-state index contributed by atoms with van der Waals surface area (Å²) in [6.07, 6.45) is 3.70. The lowest BCUT2D eigenvalue weighted by Gasteiger charge is -2.38. The summed E-state index contributed by atoms with van der Waals surface area (Å²) in [6, 6.07) is 0.472. The Bertz CT molecular complexity index is 294. The van der Waals surface area contributed by atoms with Gasteiger partial charge in [0, 0.05) is 18.1 Å². The van der Waals surface area contributed by atoms with Crippen molar-refractivity contribution >= 4 is 5.91 Å². The van der Waals surface area contributed by atoms with Gasteiger partial charge in [0.15, 0.2) is 0 Å². The fourth-order valence-corrected chi connectivity index (χ4v) is 2.13. The molecule has 1 amide bonds. The Morgan fingerprint density at radius 1 is 1.33 bits per heavy atom. The largest absolute Gasteiger partial charge is 0.354 e. The third-order valence-electron chi connectivity index (χ3n) is 4.60. The summed E-state index contributed by atoms with van der Waals surface area (Å²) in [4.78, 5) is 14.6. The third-order valence-corrected chi connectivity index (χ3v) is 4.60. The number of carbonyl (C=O) groups is 1. The summed E-state index contributed by atoms with van der Waals surface area (Å²) in [5.74, 6) is 0.0500. The number of hydrogen-bond donors (Lipinski definition) is 2. The van der Waals surface area contributed by atoms with Crippen molar-refractivity contribution in [3.05, 3.63) is 0 Å². The summed E-state index contributed by atoms with van der Waals surface area (Å²) < 4.78 is 0. The molecule has 4 heteroatoms. The summed E-state index contributed by atoms with van der Waals surface area (Å²) in [7, 11) is 2.13. The predicted molar refractivity (Wildman–Crippen MR) is 75.3 cm³/mol. The molecule has 0 spiro atoms. The lowest BCUT2D eigenvalue weighted by molar-refractivity contribution is -0.132. The van der Waals surface area contributed by atoms with Gasteiger partial charge in [-0.15, -0.1) is 0 Å². The molecule has 106 valence electrons. The molecule has 0 aromatic rings. The maximum Gasteiger partial charge on any atom is 0.227 e. The zero-order valence-corrected chi connectivity index (χ0v) is 12.5. The number of carbonyl (C=O) groups excluding carboxylic acids is 1. The van der Waals surface area contributed by atoms with Crippen molar-refractivity contribution in [1.29, 1.82) is 0 Å². The topological polar surface area (TPSA) is 58.4 Å². The van der Waals surface area contributed by atoms with Gasteiger partial charge in [-0.05, 0) is 54.1 Å². The highest BCUT2D eigenvalue weighted by Crippen LogP contribution is 2.28. The second-order valence-corrected chi connectivity index (χ2v) is 6.69.